The fraction of sp³-hybridized carbons (Fsp3) is 0.435. The van der Waals surface area contributed by atoms with Crippen molar-refractivity contribution in [2.24, 2.45) is 0 Å². The Balaban J connectivity index is 1.84. The molecule has 1 aromatic heterocycles. The first-order chi connectivity index (χ1) is 14.9. The standard InChI is InChI=1S/C23H29N3O5/c1-4-31-23(29)18-16(3)25-20(19(18)17-7-5-15(2)6-8-17)21(27)22(28)24-9-10-26-11-13-30-14-12-26/h5-8,25H,4,9-14H2,1-3H3,(H,24,28). The van der Waals surface area contributed by atoms with Crippen LogP contribution in [-0.4, -0.2) is 73.5 Å². The van der Waals surface area contributed by atoms with E-state index in [0.717, 1.165) is 18.7 Å². The molecule has 0 bridgehead atoms. The second-order valence-corrected chi connectivity index (χ2v) is 7.50. The van der Waals surface area contributed by atoms with E-state index in [4.69, 9.17) is 9.47 Å². The van der Waals surface area contributed by atoms with E-state index >= 15 is 0 Å². The first-order valence-electron chi connectivity index (χ1n) is 10.5. The van der Waals surface area contributed by atoms with Crippen LogP contribution >= 0.6 is 0 Å². The molecule has 1 saturated heterocycles. The van der Waals surface area contributed by atoms with Crippen LogP contribution in [0.5, 0.6) is 0 Å². The van der Waals surface area contributed by atoms with Crippen molar-refractivity contribution in [2.45, 2.75) is 20.8 Å². The van der Waals surface area contributed by atoms with Crippen molar-refractivity contribution < 1.29 is 23.9 Å². The Hall–Kier alpha value is -2.97. The molecular weight excluding hydrogens is 398 g/mol. The molecule has 0 unspecified atom stereocenters. The minimum absolute atomic E-state index is 0.0910. The van der Waals surface area contributed by atoms with Crippen molar-refractivity contribution >= 4 is 17.7 Å². The summed E-state index contributed by atoms with van der Waals surface area (Å²) in [4.78, 5) is 43.3. The summed E-state index contributed by atoms with van der Waals surface area (Å²) < 4.78 is 10.5. The van der Waals surface area contributed by atoms with E-state index in [9.17, 15) is 14.4 Å². The number of ketones is 1. The second-order valence-electron chi connectivity index (χ2n) is 7.50. The van der Waals surface area contributed by atoms with Crippen LogP contribution < -0.4 is 5.32 Å². The van der Waals surface area contributed by atoms with Crippen molar-refractivity contribution in [3.8, 4) is 11.1 Å². The molecule has 0 saturated carbocycles. The van der Waals surface area contributed by atoms with Gasteiger partial charge in [0.2, 0.25) is 0 Å². The third-order valence-electron chi connectivity index (χ3n) is 5.26. The topological polar surface area (TPSA) is 101 Å². The Morgan fingerprint density at radius 1 is 1.13 bits per heavy atom. The molecule has 8 nitrogen and oxygen atoms in total. The highest BCUT2D eigenvalue weighted by Crippen LogP contribution is 2.31. The van der Waals surface area contributed by atoms with Crippen molar-refractivity contribution in [3.05, 3.63) is 46.8 Å². The summed E-state index contributed by atoms with van der Waals surface area (Å²) >= 11 is 0. The van der Waals surface area contributed by atoms with Gasteiger partial charge in [-0.2, -0.15) is 0 Å². The number of morpholine rings is 1. The van der Waals surface area contributed by atoms with Gasteiger partial charge in [-0.3, -0.25) is 14.5 Å². The molecule has 2 aromatic rings. The van der Waals surface area contributed by atoms with Crippen LogP contribution in [0.1, 0.15) is 39.0 Å². The molecule has 8 heteroatoms. The zero-order valence-corrected chi connectivity index (χ0v) is 18.2. The van der Waals surface area contributed by atoms with Crippen molar-refractivity contribution in [1.29, 1.82) is 0 Å². The fourth-order valence-electron chi connectivity index (χ4n) is 3.61. The monoisotopic (exact) mass is 427 g/mol. The Morgan fingerprint density at radius 3 is 2.45 bits per heavy atom. The van der Waals surface area contributed by atoms with Gasteiger partial charge >= 0.3 is 5.97 Å². The number of H-pyrrole nitrogens is 1. The number of nitrogens with zero attached hydrogens (tertiary/aromatic N) is 1. The minimum atomic E-state index is -0.712. The van der Waals surface area contributed by atoms with Gasteiger partial charge in [-0.15, -0.1) is 0 Å². The SMILES string of the molecule is CCOC(=O)c1c(C)[nH]c(C(=O)C(=O)NCCN2CCOCC2)c1-c1ccc(C)cc1. The molecule has 166 valence electrons. The fourth-order valence-corrected chi connectivity index (χ4v) is 3.61. The lowest BCUT2D eigenvalue weighted by Crippen LogP contribution is -2.42. The molecular formula is C23H29N3O5. The van der Waals surface area contributed by atoms with Crippen LogP contribution in [0.4, 0.5) is 0 Å². The molecule has 2 heterocycles. The van der Waals surface area contributed by atoms with Crippen LogP contribution in [0.2, 0.25) is 0 Å². The average Bonchev–Trinajstić information content (AvgIpc) is 3.11. The molecule has 2 N–H and O–H groups in total. The van der Waals surface area contributed by atoms with Gasteiger partial charge in [-0.05, 0) is 26.3 Å². The molecule has 1 fully saturated rings. The largest absolute Gasteiger partial charge is 0.462 e. The van der Waals surface area contributed by atoms with E-state index in [-0.39, 0.29) is 17.9 Å². The van der Waals surface area contributed by atoms with Crippen molar-refractivity contribution in [1.82, 2.24) is 15.2 Å². The highest BCUT2D eigenvalue weighted by molar-refractivity contribution is 6.43. The summed E-state index contributed by atoms with van der Waals surface area (Å²) in [6, 6.07) is 7.44. The maximum Gasteiger partial charge on any atom is 0.340 e. The van der Waals surface area contributed by atoms with Gasteiger partial charge in [0.15, 0.2) is 0 Å². The number of carbonyl (C=O) groups excluding carboxylic acids is 3. The number of aromatic nitrogens is 1. The van der Waals surface area contributed by atoms with Crippen LogP contribution in [0.15, 0.2) is 24.3 Å². The number of carbonyl (C=O) groups is 3. The Labute approximate surface area is 181 Å². The van der Waals surface area contributed by atoms with Gasteiger partial charge in [0.05, 0.1) is 25.4 Å². The number of aromatic amines is 1. The van der Waals surface area contributed by atoms with Gasteiger partial charge < -0.3 is 19.8 Å². The lowest BCUT2D eigenvalue weighted by Gasteiger charge is -2.26. The normalized spacial score (nSPS) is 14.3. The van der Waals surface area contributed by atoms with E-state index in [2.05, 4.69) is 15.2 Å². The summed E-state index contributed by atoms with van der Waals surface area (Å²) in [6.07, 6.45) is 0. The van der Waals surface area contributed by atoms with E-state index in [1.807, 2.05) is 31.2 Å². The predicted molar refractivity (Wildman–Crippen MR) is 116 cm³/mol. The molecule has 1 aliphatic heterocycles. The molecule has 31 heavy (non-hydrogen) atoms. The molecule has 1 aliphatic rings. The Kier molecular flexibility index (Phi) is 7.59. The number of Topliss-reactive ketones (excluding diaryl/α,β-unsaturated/α-hetero) is 1. The summed E-state index contributed by atoms with van der Waals surface area (Å²) in [6.45, 7) is 9.53. The number of esters is 1. The average molecular weight is 428 g/mol. The first kappa shape index (κ1) is 22.7. The highest BCUT2D eigenvalue weighted by atomic mass is 16.5. The lowest BCUT2D eigenvalue weighted by molar-refractivity contribution is -0.117. The van der Waals surface area contributed by atoms with Crippen LogP contribution in [0.3, 0.4) is 0 Å². The third kappa shape index (κ3) is 5.39. The molecule has 0 atom stereocenters. The van der Waals surface area contributed by atoms with Gasteiger partial charge in [0, 0.05) is 37.4 Å². The Bertz CT molecular complexity index is 943. The summed E-state index contributed by atoms with van der Waals surface area (Å²) in [5, 5.41) is 2.69. The van der Waals surface area contributed by atoms with E-state index in [0.29, 0.717) is 43.1 Å². The number of hydrogen-bond donors (Lipinski definition) is 2. The molecule has 0 spiro atoms. The Morgan fingerprint density at radius 2 is 1.81 bits per heavy atom. The van der Waals surface area contributed by atoms with E-state index in [1.165, 1.54) is 0 Å². The minimum Gasteiger partial charge on any atom is -0.462 e. The molecule has 1 aromatic carbocycles. The van der Waals surface area contributed by atoms with Gasteiger partial charge in [-0.1, -0.05) is 29.8 Å². The number of nitrogens with one attached hydrogen (secondary N) is 2. The van der Waals surface area contributed by atoms with E-state index in [1.54, 1.807) is 13.8 Å². The third-order valence-corrected chi connectivity index (χ3v) is 5.26. The van der Waals surface area contributed by atoms with Crippen LogP contribution in [0.25, 0.3) is 11.1 Å². The number of hydrogen-bond acceptors (Lipinski definition) is 6. The highest BCUT2D eigenvalue weighted by Gasteiger charge is 2.29. The van der Waals surface area contributed by atoms with Gasteiger partial charge in [0.25, 0.3) is 11.7 Å². The van der Waals surface area contributed by atoms with Crippen LogP contribution in [0, 0.1) is 13.8 Å². The van der Waals surface area contributed by atoms with E-state index < -0.39 is 17.7 Å². The number of rotatable bonds is 8. The molecule has 3 rings (SSSR count). The second kappa shape index (κ2) is 10.4. The zero-order valence-electron chi connectivity index (χ0n) is 18.2. The quantitative estimate of drug-likeness (QED) is 0.380. The first-order valence-corrected chi connectivity index (χ1v) is 10.5. The van der Waals surface area contributed by atoms with Gasteiger partial charge in [-0.25, -0.2) is 4.79 Å². The number of benzene rings is 1. The van der Waals surface area contributed by atoms with Crippen molar-refractivity contribution in [3.63, 3.8) is 0 Å². The summed E-state index contributed by atoms with van der Waals surface area (Å²) in [7, 11) is 0. The smallest absolute Gasteiger partial charge is 0.340 e. The maximum atomic E-state index is 13.0. The number of aryl methyl sites for hydroxylation is 2. The van der Waals surface area contributed by atoms with Crippen LogP contribution in [-0.2, 0) is 14.3 Å². The number of amides is 1. The summed E-state index contributed by atoms with van der Waals surface area (Å²) in [5.74, 6) is -1.95. The maximum absolute atomic E-state index is 13.0. The molecule has 0 radical (unpaired) electrons. The lowest BCUT2D eigenvalue weighted by atomic mass is 9.97. The predicted octanol–water partition coefficient (Wildman–Crippen LogP) is 2.11. The molecule has 0 aliphatic carbocycles. The van der Waals surface area contributed by atoms with Crippen molar-refractivity contribution in [2.75, 3.05) is 46.0 Å². The van der Waals surface area contributed by atoms with Gasteiger partial charge in [0.1, 0.15) is 5.69 Å². The zero-order chi connectivity index (χ0) is 22.4. The number of ether oxygens (including phenoxy) is 2. The summed E-state index contributed by atoms with van der Waals surface area (Å²) in [5.41, 5.74) is 2.95. The molecule has 1 amide bonds.